The van der Waals surface area contributed by atoms with Gasteiger partial charge >= 0.3 is 0 Å². The van der Waals surface area contributed by atoms with E-state index in [1.165, 1.54) is 40.9 Å². The van der Waals surface area contributed by atoms with Crippen molar-refractivity contribution in [3.8, 4) is 0 Å². The Hall–Kier alpha value is -3.26. The van der Waals surface area contributed by atoms with E-state index in [1.807, 2.05) is 0 Å². The highest BCUT2D eigenvalue weighted by Gasteiger charge is 2.35. The van der Waals surface area contributed by atoms with Gasteiger partial charge in [0.1, 0.15) is 22.8 Å². The third kappa shape index (κ3) is 3.91. The number of nitrogens with zero attached hydrogens (tertiary/aromatic N) is 1. The monoisotopic (exact) mass is 428 g/mol. The maximum atomic E-state index is 14.2. The lowest BCUT2D eigenvalue weighted by Gasteiger charge is -2.25. The number of nitrogens with one attached hydrogen (secondary N) is 1. The van der Waals surface area contributed by atoms with Crippen LogP contribution in [0.2, 0.25) is 0 Å². The summed E-state index contributed by atoms with van der Waals surface area (Å²) < 4.78 is 41.2. The van der Waals surface area contributed by atoms with Crippen LogP contribution in [0.25, 0.3) is 0 Å². The zero-order chi connectivity index (χ0) is 21.3. The van der Waals surface area contributed by atoms with Gasteiger partial charge in [0, 0.05) is 11.8 Å². The molecule has 0 aromatic heterocycles. The van der Waals surface area contributed by atoms with Gasteiger partial charge < -0.3 is 5.32 Å². The smallest absolute Gasteiger partial charge is 0.258 e. The number of rotatable bonds is 4. The van der Waals surface area contributed by atoms with Crippen LogP contribution in [0.5, 0.6) is 0 Å². The van der Waals surface area contributed by atoms with Crippen LogP contribution in [-0.2, 0) is 4.79 Å². The number of benzene rings is 3. The van der Waals surface area contributed by atoms with E-state index in [0.29, 0.717) is 11.3 Å². The number of halogens is 3. The number of carbonyl (C=O) groups excluding carboxylic acids is 2. The fraction of sp³-hybridized carbons (Fsp3) is 0.0909. The second-order valence-electron chi connectivity index (χ2n) is 6.58. The minimum Gasteiger partial charge on any atom is -0.322 e. The van der Waals surface area contributed by atoms with Gasteiger partial charge in [0.25, 0.3) is 5.91 Å². The molecule has 0 unspecified atom stereocenters. The number of thioether (sulfide) groups is 1. The fourth-order valence-electron chi connectivity index (χ4n) is 3.18. The Kier molecular flexibility index (Phi) is 5.50. The molecule has 0 bridgehead atoms. The zero-order valence-corrected chi connectivity index (χ0v) is 16.3. The van der Waals surface area contributed by atoms with Crippen LogP contribution in [0, 0.1) is 17.5 Å². The Morgan fingerprint density at radius 3 is 2.40 bits per heavy atom. The molecule has 4 nitrogen and oxygen atoms in total. The van der Waals surface area contributed by atoms with Crippen molar-refractivity contribution in [3.05, 3.63) is 95.3 Å². The van der Waals surface area contributed by atoms with Crippen LogP contribution in [0.3, 0.4) is 0 Å². The Balaban J connectivity index is 1.55. The molecule has 0 saturated carbocycles. The third-order valence-electron chi connectivity index (χ3n) is 4.61. The summed E-state index contributed by atoms with van der Waals surface area (Å²) in [7, 11) is 0. The summed E-state index contributed by atoms with van der Waals surface area (Å²) in [6, 6.07) is 15.4. The van der Waals surface area contributed by atoms with Gasteiger partial charge in [-0.2, -0.15) is 0 Å². The van der Waals surface area contributed by atoms with E-state index in [4.69, 9.17) is 0 Å². The van der Waals surface area contributed by atoms with Gasteiger partial charge in [0.15, 0.2) is 0 Å². The van der Waals surface area contributed by atoms with Crippen LogP contribution >= 0.6 is 11.8 Å². The first-order chi connectivity index (χ1) is 14.4. The summed E-state index contributed by atoms with van der Waals surface area (Å²) in [6.45, 7) is 0. The Labute approximate surface area is 174 Å². The highest BCUT2D eigenvalue weighted by atomic mass is 32.2. The van der Waals surface area contributed by atoms with Crippen LogP contribution in [0.1, 0.15) is 21.3 Å². The largest absolute Gasteiger partial charge is 0.322 e. The molecule has 1 aliphatic rings. The van der Waals surface area contributed by atoms with Crippen LogP contribution in [0.15, 0.2) is 66.7 Å². The van der Waals surface area contributed by atoms with Crippen molar-refractivity contribution in [1.29, 1.82) is 0 Å². The molecule has 1 heterocycles. The number of anilines is 2. The first-order valence-electron chi connectivity index (χ1n) is 8.98. The number of hydrogen-bond donors (Lipinski definition) is 1. The first-order valence-corrected chi connectivity index (χ1v) is 10.0. The van der Waals surface area contributed by atoms with Crippen molar-refractivity contribution in [2.75, 3.05) is 16.0 Å². The zero-order valence-electron chi connectivity index (χ0n) is 15.4. The second kappa shape index (κ2) is 8.23. The lowest BCUT2D eigenvalue weighted by Crippen LogP contribution is -2.28. The van der Waals surface area contributed by atoms with Crippen molar-refractivity contribution in [2.24, 2.45) is 0 Å². The van der Waals surface area contributed by atoms with E-state index in [-0.39, 0.29) is 22.9 Å². The molecule has 30 heavy (non-hydrogen) atoms. The molecule has 3 aromatic rings. The molecular weight excluding hydrogens is 413 g/mol. The first kappa shape index (κ1) is 20.0. The third-order valence-corrected chi connectivity index (χ3v) is 5.82. The molecule has 152 valence electrons. The molecule has 0 radical (unpaired) electrons. The summed E-state index contributed by atoms with van der Waals surface area (Å²) >= 11 is 1.32. The van der Waals surface area contributed by atoms with Gasteiger partial charge in [-0.3, -0.25) is 14.5 Å². The molecule has 3 aromatic carbocycles. The normalized spacial score (nSPS) is 16.0. The van der Waals surface area contributed by atoms with Crippen molar-refractivity contribution in [2.45, 2.75) is 5.37 Å². The minimum atomic E-state index is -0.815. The summed E-state index contributed by atoms with van der Waals surface area (Å²) in [5.41, 5.74) is 1.09. The highest BCUT2D eigenvalue weighted by molar-refractivity contribution is 8.00. The summed E-state index contributed by atoms with van der Waals surface area (Å²) in [5, 5.41) is 2.12. The van der Waals surface area contributed by atoms with Gasteiger partial charge in [-0.15, -0.1) is 11.8 Å². The number of amides is 2. The van der Waals surface area contributed by atoms with Gasteiger partial charge in [0.05, 0.1) is 17.0 Å². The van der Waals surface area contributed by atoms with Crippen molar-refractivity contribution in [1.82, 2.24) is 0 Å². The molecule has 1 N–H and O–H groups in total. The van der Waals surface area contributed by atoms with Crippen LogP contribution in [-0.4, -0.2) is 17.6 Å². The quantitative estimate of drug-likeness (QED) is 0.627. The number of hydrogen-bond acceptors (Lipinski definition) is 3. The summed E-state index contributed by atoms with van der Waals surface area (Å²) in [6.07, 6.45) is 0. The molecule has 1 saturated heterocycles. The van der Waals surface area contributed by atoms with E-state index >= 15 is 0 Å². The molecule has 0 aliphatic carbocycles. The topological polar surface area (TPSA) is 49.4 Å². The maximum absolute atomic E-state index is 14.2. The molecule has 1 fully saturated rings. The lowest BCUT2D eigenvalue weighted by atomic mass is 10.1. The Morgan fingerprint density at radius 1 is 0.967 bits per heavy atom. The molecule has 2 amide bonds. The SMILES string of the molecule is O=C(Nc1ccc([C@@H]2SCC(=O)N2c2ccc(F)cc2F)cc1)c1ccccc1F. The van der Waals surface area contributed by atoms with E-state index in [9.17, 15) is 22.8 Å². The lowest BCUT2D eigenvalue weighted by molar-refractivity contribution is -0.115. The predicted octanol–water partition coefficient (Wildman–Crippen LogP) is 5.13. The van der Waals surface area contributed by atoms with E-state index < -0.39 is 28.7 Å². The standard InChI is InChI=1S/C22H15F3N2O2S/c23-14-7-10-19(18(25)11-14)27-20(28)12-30-22(27)13-5-8-15(9-6-13)26-21(29)16-3-1-2-4-17(16)24/h1-11,22H,12H2,(H,26,29)/t22-/m0/s1. The number of carbonyl (C=O) groups is 2. The maximum Gasteiger partial charge on any atom is 0.258 e. The van der Waals surface area contributed by atoms with Gasteiger partial charge in [0.2, 0.25) is 5.91 Å². The van der Waals surface area contributed by atoms with E-state index in [2.05, 4.69) is 5.32 Å². The van der Waals surface area contributed by atoms with Crippen molar-refractivity contribution in [3.63, 3.8) is 0 Å². The average molecular weight is 428 g/mol. The van der Waals surface area contributed by atoms with E-state index in [0.717, 1.165) is 12.1 Å². The molecule has 8 heteroatoms. The van der Waals surface area contributed by atoms with E-state index in [1.54, 1.807) is 30.3 Å². The van der Waals surface area contributed by atoms with Gasteiger partial charge in [-0.1, -0.05) is 24.3 Å². The van der Waals surface area contributed by atoms with Crippen molar-refractivity contribution < 1.29 is 22.8 Å². The highest BCUT2D eigenvalue weighted by Crippen LogP contribution is 2.42. The molecular formula is C22H15F3N2O2S. The molecule has 0 spiro atoms. The van der Waals surface area contributed by atoms with Crippen LogP contribution < -0.4 is 10.2 Å². The molecule has 1 aliphatic heterocycles. The minimum absolute atomic E-state index is 0.00771. The molecule has 4 rings (SSSR count). The average Bonchev–Trinajstić information content (AvgIpc) is 3.10. The fourth-order valence-corrected chi connectivity index (χ4v) is 4.35. The predicted molar refractivity (Wildman–Crippen MR) is 110 cm³/mol. The second-order valence-corrected chi connectivity index (χ2v) is 7.65. The van der Waals surface area contributed by atoms with Crippen molar-refractivity contribution >= 4 is 35.0 Å². The summed E-state index contributed by atoms with van der Waals surface area (Å²) in [4.78, 5) is 25.9. The Bertz CT molecular complexity index is 1120. The molecule has 1 atom stereocenters. The summed E-state index contributed by atoms with van der Waals surface area (Å²) in [5.74, 6) is -2.86. The van der Waals surface area contributed by atoms with Gasteiger partial charge in [-0.25, -0.2) is 13.2 Å². The van der Waals surface area contributed by atoms with Gasteiger partial charge in [-0.05, 0) is 42.0 Å². The Morgan fingerprint density at radius 2 is 1.70 bits per heavy atom. The van der Waals surface area contributed by atoms with Crippen LogP contribution in [0.4, 0.5) is 24.5 Å².